The molecule has 0 unspecified atom stereocenters. The second-order valence-corrected chi connectivity index (χ2v) is 4.50. The number of carbonyl (C=O) groups excluding carboxylic acids is 1. The Bertz CT molecular complexity index is 572. The maximum Gasteiger partial charge on any atom is 0.359 e. The molecular formula is C11H11ClN2O3. The molecule has 0 atom stereocenters. The van der Waals surface area contributed by atoms with Crippen LogP contribution in [0.15, 0.2) is 18.5 Å². The summed E-state index contributed by atoms with van der Waals surface area (Å²) >= 11 is 5.88. The third kappa shape index (κ3) is 2.57. The zero-order valence-corrected chi connectivity index (χ0v) is 10.1. The summed E-state index contributed by atoms with van der Waals surface area (Å²) in [5.41, 5.74) is 0.797. The third-order valence-corrected chi connectivity index (χ3v) is 2.38. The highest BCUT2D eigenvalue weighted by molar-refractivity contribution is 6.35. The van der Waals surface area contributed by atoms with E-state index in [0.29, 0.717) is 10.5 Å². The molecule has 17 heavy (non-hydrogen) atoms. The van der Waals surface area contributed by atoms with Gasteiger partial charge < -0.3 is 14.8 Å². The van der Waals surface area contributed by atoms with Gasteiger partial charge in [-0.05, 0) is 6.07 Å². The molecule has 0 saturated carbocycles. The summed E-state index contributed by atoms with van der Waals surface area (Å²) in [5, 5.41) is 10.6. The van der Waals surface area contributed by atoms with Gasteiger partial charge in [0.15, 0.2) is 5.69 Å². The van der Waals surface area contributed by atoms with E-state index in [-0.39, 0.29) is 5.69 Å². The average Bonchev–Trinajstić information content (AvgIpc) is 2.57. The number of hydrogen-bond acceptors (Lipinski definition) is 4. The predicted molar refractivity (Wildman–Crippen MR) is 62.8 cm³/mol. The molecule has 0 aliphatic rings. The highest BCUT2D eigenvalue weighted by Gasteiger charge is 2.21. The van der Waals surface area contributed by atoms with Crippen LogP contribution in [0.2, 0.25) is 5.02 Å². The van der Waals surface area contributed by atoms with Crippen molar-refractivity contribution in [1.82, 2.24) is 9.97 Å². The van der Waals surface area contributed by atoms with Crippen LogP contribution in [-0.2, 0) is 4.74 Å². The van der Waals surface area contributed by atoms with E-state index in [1.54, 1.807) is 6.20 Å². The number of nitrogens with zero attached hydrogens (tertiary/aromatic N) is 1. The number of aliphatic hydroxyl groups is 1. The van der Waals surface area contributed by atoms with Gasteiger partial charge in [-0.1, -0.05) is 11.6 Å². The lowest BCUT2D eigenvalue weighted by Crippen LogP contribution is -2.27. The molecule has 2 heterocycles. The maximum atomic E-state index is 11.6. The fourth-order valence-corrected chi connectivity index (χ4v) is 1.58. The molecule has 0 aliphatic heterocycles. The van der Waals surface area contributed by atoms with Gasteiger partial charge in [0.2, 0.25) is 5.79 Å². The fraction of sp³-hybridized carbons (Fsp3) is 0.273. The van der Waals surface area contributed by atoms with Crippen molar-refractivity contribution < 1.29 is 14.6 Å². The van der Waals surface area contributed by atoms with Gasteiger partial charge in [0.1, 0.15) is 0 Å². The lowest BCUT2D eigenvalue weighted by atomic mass is 10.3. The van der Waals surface area contributed by atoms with Crippen molar-refractivity contribution >= 4 is 28.5 Å². The van der Waals surface area contributed by atoms with Crippen LogP contribution in [0.1, 0.15) is 24.3 Å². The number of fused-ring (bicyclic) bond motifs is 1. The second-order valence-electron chi connectivity index (χ2n) is 4.09. The van der Waals surface area contributed by atoms with Gasteiger partial charge in [-0.3, -0.25) is 0 Å². The second kappa shape index (κ2) is 4.01. The molecule has 0 aliphatic carbocycles. The van der Waals surface area contributed by atoms with Crippen LogP contribution >= 0.6 is 11.6 Å². The molecule has 0 bridgehead atoms. The summed E-state index contributed by atoms with van der Waals surface area (Å²) in [5.74, 6) is -2.22. The number of carbonyl (C=O) groups is 1. The first-order valence-electron chi connectivity index (χ1n) is 4.95. The van der Waals surface area contributed by atoms with Crippen LogP contribution in [0.5, 0.6) is 0 Å². The van der Waals surface area contributed by atoms with Crippen LogP contribution < -0.4 is 0 Å². The van der Waals surface area contributed by atoms with Gasteiger partial charge in [0, 0.05) is 31.6 Å². The Balaban J connectivity index is 2.33. The molecule has 0 aromatic carbocycles. The minimum atomic E-state index is -1.53. The molecule has 0 amide bonds. The van der Waals surface area contributed by atoms with Crippen LogP contribution in [0.4, 0.5) is 0 Å². The van der Waals surface area contributed by atoms with E-state index in [1.165, 1.54) is 26.1 Å². The van der Waals surface area contributed by atoms with Crippen molar-refractivity contribution in [2.24, 2.45) is 0 Å². The minimum Gasteiger partial charge on any atom is -0.429 e. The highest BCUT2D eigenvalue weighted by Crippen LogP contribution is 2.22. The largest absolute Gasteiger partial charge is 0.429 e. The Morgan fingerprint density at radius 3 is 2.94 bits per heavy atom. The van der Waals surface area contributed by atoms with Gasteiger partial charge in [-0.25, -0.2) is 9.78 Å². The van der Waals surface area contributed by atoms with Crippen molar-refractivity contribution in [2.75, 3.05) is 0 Å². The SMILES string of the molecule is CC(C)(O)OC(=O)c1cc2[nH]cc(Cl)c2cn1. The number of hydrogen-bond donors (Lipinski definition) is 2. The molecule has 90 valence electrons. The van der Waals surface area contributed by atoms with Crippen molar-refractivity contribution in [2.45, 2.75) is 19.6 Å². The monoisotopic (exact) mass is 254 g/mol. The maximum absolute atomic E-state index is 11.6. The standard InChI is InChI=1S/C11H11ClN2O3/c1-11(2,16)17-10(15)9-3-8-6(4-13-9)7(12)5-14-8/h3-5,14,16H,1-2H3. The van der Waals surface area contributed by atoms with Crippen LogP contribution in [0.25, 0.3) is 10.9 Å². The lowest BCUT2D eigenvalue weighted by molar-refractivity contribution is -0.136. The quantitative estimate of drug-likeness (QED) is 0.636. The molecule has 2 aromatic rings. The van der Waals surface area contributed by atoms with Gasteiger partial charge in [-0.2, -0.15) is 0 Å². The zero-order valence-electron chi connectivity index (χ0n) is 9.32. The number of halogens is 1. The summed E-state index contributed by atoms with van der Waals surface area (Å²) < 4.78 is 4.79. The Morgan fingerprint density at radius 1 is 1.59 bits per heavy atom. The third-order valence-electron chi connectivity index (χ3n) is 2.07. The van der Waals surface area contributed by atoms with Crippen molar-refractivity contribution in [3.8, 4) is 0 Å². The minimum absolute atomic E-state index is 0.109. The van der Waals surface area contributed by atoms with E-state index in [4.69, 9.17) is 16.3 Å². The number of pyridine rings is 1. The van der Waals surface area contributed by atoms with Crippen molar-refractivity contribution in [3.63, 3.8) is 0 Å². The average molecular weight is 255 g/mol. The molecule has 6 heteroatoms. The van der Waals surface area contributed by atoms with E-state index in [1.807, 2.05) is 0 Å². The molecule has 0 radical (unpaired) electrons. The molecule has 2 N–H and O–H groups in total. The molecule has 5 nitrogen and oxygen atoms in total. The number of rotatable bonds is 2. The zero-order chi connectivity index (χ0) is 12.6. The van der Waals surface area contributed by atoms with E-state index < -0.39 is 11.8 Å². The molecule has 0 fully saturated rings. The van der Waals surface area contributed by atoms with Crippen molar-refractivity contribution in [1.29, 1.82) is 0 Å². The summed E-state index contributed by atoms with van der Waals surface area (Å²) in [7, 11) is 0. The lowest BCUT2D eigenvalue weighted by Gasteiger charge is -2.17. The van der Waals surface area contributed by atoms with E-state index in [2.05, 4.69) is 9.97 Å². The highest BCUT2D eigenvalue weighted by atomic mass is 35.5. The smallest absolute Gasteiger partial charge is 0.359 e. The number of aromatic nitrogens is 2. The number of ether oxygens (including phenoxy) is 1. The summed E-state index contributed by atoms with van der Waals surface area (Å²) in [6.07, 6.45) is 3.09. The summed E-state index contributed by atoms with van der Waals surface area (Å²) in [6, 6.07) is 1.52. The van der Waals surface area contributed by atoms with Gasteiger partial charge in [0.05, 0.1) is 10.5 Å². The molecule has 0 spiro atoms. The Labute approximate surface area is 102 Å². The van der Waals surface area contributed by atoms with E-state index in [0.717, 1.165) is 5.39 Å². The summed E-state index contributed by atoms with van der Waals surface area (Å²) in [4.78, 5) is 18.5. The Kier molecular flexibility index (Phi) is 2.81. The van der Waals surface area contributed by atoms with Crippen LogP contribution in [0.3, 0.4) is 0 Å². The predicted octanol–water partition coefficient (Wildman–Crippen LogP) is 2.10. The van der Waals surface area contributed by atoms with Gasteiger partial charge in [0.25, 0.3) is 0 Å². The van der Waals surface area contributed by atoms with Gasteiger partial charge >= 0.3 is 5.97 Å². The first kappa shape index (κ1) is 11.9. The molecular weight excluding hydrogens is 244 g/mol. The van der Waals surface area contributed by atoms with Crippen LogP contribution in [0, 0.1) is 0 Å². The first-order valence-corrected chi connectivity index (χ1v) is 5.33. The number of esters is 1. The molecule has 2 rings (SSSR count). The van der Waals surface area contributed by atoms with Gasteiger partial charge in [-0.15, -0.1) is 0 Å². The Hall–Kier alpha value is -1.59. The molecule has 0 saturated heterocycles. The molecule has 2 aromatic heterocycles. The van der Waals surface area contributed by atoms with Crippen molar-refractivity contribution in [3.05, 3.63) is 29.2 Å². The first-order chi connectivity index (χ1) is 7.87. The topological polar surface area (TPSA) is 75.2 Å². The number of nitrogens with one attached hydrogen (secondary N) is 1. The fourth-order valence-electron chi connectivity index (χ4n) is 1.37. The normalized spacial score (nSPS) is 11.8. The number of H-pyrrole nitrogens is 1. The Morgan fingerprint density at radius 2 is 2.29 bits per heavy atom. The van der Waals surface area contributed by atoms with Crippen LogP contribution in [-0.4, -0.2) is 26.8 Å². The van der Waals surface area contributed by atoms with E-state index in [9.17, 15) is 9.90 Å². The number of aromatic amines is 1. The summed E-state index contributed by atoms with van der Waals surface area (Å²) in [6.45, 7) is 2.74. The van der Waals surface area contributed by atoms with E-state index >= 15 is 0 Å².